The lowest BCUT2D eigenvalue weighted by Gasteiger charge is -2.30. The SMILES string of the molecule is O=C(NCc1ccc(N2CCOCC2)cc1C(F)(F)F)C(c1ccccc1)N1CCCC1. The number of nitrogens with zero attached hydrogens (tertiary/aromatic N) is 2. The highest BCUT2D eigenvalue weighted by atomic mass is 19.4. The number of nitrogens with one attached hydrogen (secondary N) is 1. The van der Waals surface area contributed by atoms with Gasteiger partial charge in [0, 0.05) is 25.3 Å². The molecule has 0 aliphatic carbocycles. The van der Waals surface area contributed by atoms with Gasteiger partial charge in [-0.3, -0.25) is 9.69 Å². The zero-order valence-corrected chi connectivity index (χ0v) is 17.9. The number of ether oxygens (including phenoxy) is 1. The highest BCUT2D eigenvalue weighted by molar-refractivity contribution is 5.83. The molecule has 0 bridgehead atoms. The van der Waals surface area contributed by atoms with Crippen LogP contribution in [0.4, 0.5) is 18.9 Å². The number of hydrogen-bond donors (Lipinski definition) is 1. The molecule has 2 fully saturated rings. The van der Waals surface area contributed by atoms with Crippen LogP contribution in [0.5, 0.6) is 0 Å². The minimum absolute atomic E-state index is 0.0658. The van der Waals surface area contributed by atoms with E-state index in [0.717, 1.165) is 31.5 Å². The van der Waals surface area contributed by atoms with E-state index in [2.05, 4.69) is 10.2 Å². The van der Waals surface area contributed by atoms with Gasteiger partial charge in [0.25, 0.3) is 0 Å². The van der Waals surface area contributed by atoms with Crippen LogP contribution in [0.25, 0.3) is 0 Å². The van der Waals surface area contributed by atoms with Crippen LogP contribution in [0.1, 0.15) is 35.6 Å². The van der Waals surface area contributed by atoms with Gasteiger partial charge in [0.05, 0.1) is 18.8 Å². The van der Waals surface area contributed by atoms with Gasteiger partial charge in [-0.2, -0.15) is 13.2 Å². The average Bonchev–Trinajstić information content (AvgIpc) is 3.33. The molecule has 1 atom stereocenters. The summed E-state index contributed by atoms with van der Waals surface area (Å²) in [5.74, 6) is -0.275. The number of benzene rings is 2. The number of carbonyl (C=O) groups is 1. The molecule has 0 aromatic heterocycles. The number of halogens is 3. The molecule has 8 heteroatoms. The average molecular weight is 448 g/mol. The molecule has 32 heavy (non-hydrogen) atoms. The number of morpholine rings is 1. The Kier molecular flexibility index (Phi) is 7.01. The molecule has 0 radical (unpaired) electrons. The summed E-state index contributed by atoms with van der Waals surface area (Å²) in [4.78, 5) is 17.1. The maximum absolute atomic E-state index is 13.8. The van der Waals surface area contributed by atoms with Crippen molar-refractivity contribution in [2.75, 3.05) is 44.3 Å². The summed E-state index contributed by atoms with van der Waals surface area (Å²) in [6, 6.07) is 13.3. The van der Waals surface area contributed by atoms with E-state index in [1.807, 2.05) is 35.2 Å². The van der Waals surface area contributed by atoms with Crippen LogP contribution in [0.3, 0.4) is 0 Å². The van der Waals surface area contributed by atoms with Gasteiger partial charge in [-0.15, -0.1) is 0 Å². The van der Waals surface area contributed by atoms with Gasteiger partial charge < -0.3 is 15.0 Å². The lowest BCUT2D eigenvalue weighted by Crippen LogP contribution is -2.39. The fourth-order valence-electron chi connectivity index (χ4n) is 4.44. The Balaban J connectivity index is 1.53. The largest absolute Gasteiger partial charge is 0.416 e. The molecule has 4 rings (SSSR count). The topological polar surface area (TPSA) is 44.8 Å². The van der Waals surface area contributed by atoms with E-state index in [0.29, 0.717) is 32.0 Å². The summed E-state index contributed by atoms with van der Waals surface area (Å²) in [6.45, 7) is 3.54. The van der Waals surface area contributed by atoms with Gasteiger partial charge in [0.15, 0.2) is 0 Å². The predicted molar refractivity (Wildman–Crippen MR) is 116 cm³/mol. The molecule has 2 aromatic carbocycles. The Bertz CT molecular complexity index is 908. The first-order chi connectivity index (χ1) is 15.4. The molecule has 5 nitrogen and oxygen atoms in total. The summed E-state index contributed by atoms with van der Waals surface area (Å²) in [7, 11) is 0. The Morgan fingerprint density at radius 3 is 2.34 bits per heavy atom. The van der Waals surface area contributed by atoms with Gasteiger partial charge in [-0.05, 0) is 49.2 Å². The first-order valence-corrected chi connectivity index (χ1v) is 11.0. The van der Waals surface area contributed by atoms with Crippen molar-refractivity contribution in [3.8, 4) is 0 Å². The molecule has 2 heterocycles. The quantitative estimate of drug-likeness (QED) is 0.727. The van der Waals surface area contributed by atoms with Gasteiger partial charge >= 0.3 is 6.18 Å². The Hall–Kier alpha value is -2.58. The molecule has 172 valence electrons. The monoisotopic (exact) mass is 447 g/mol. The normalized spacial score (nSPS) is 18.5. The minimum atomic E-state index is -4.50. The minimum Gasteiger partial charge on any atom is -0.378 e. The lowest BCUT2D eigenvalue weighted by molar-refractivity contribution is -0.138. The molecule has 1 amide bonds. The third-order valence-electron chi connectivity index (χ3n) is 6.10. The van der Waals surface area contributed by atoms with Crippen molar-refractivity contribution < 1.29 is 22.7 Å². The highest BCUT2D eigenvalue weighted by Crippen LogP contribution is 2.35. The van der Waals surface area contributed by atoms with Crippen molar-refractivity contribution in [2.45, 2.75) is 31.6 Å². The molecule has 1 unspecified atom stereocenters. The van der Waals surface area contributed by atoms with Crippen LogP contribution >= 0.6 is 0 Å². The molecule has 2 saturated heterocycles. The van der Waals surface area contributed by atoms with E-state index in [1.165, 1.54) is 12.1 Å². The molecular weight excluding hydrogens is 419 g/mol. The maximum atomic E-state index is 13.8. The van der Waals surface area contributed by atoms with Gasteiger partial charge in [-0.25, -0.2) is 0 Å². The molecule has 0 spiro atoms. The number of anilines is 1. The zero-order valence-electron chi connectivity index (χ0n) is 17.9. The number of amides is 1. The van der Waals surface area contributed by atoms with Gasteiger partial charge in [-0.1, -0.05) is 36.4 Å². The number of carbonyl (C=O) groups excluding carboxylic acids is 1. The summed E-state index contributed by atoms with van der Waals surface area (Å²) in [5.41, 5.74) is 0.732. The summed E-state index contributed by atoms with van der Waals surface area (Å²) in [5, 5.41) is 2.77. The fourth-order valence-corrected chi connectivity index (χ4v) is 4.44. The van der Waals surface area contributed by atoms with Crippen molar-refractivity contribution in [3.05, 3.63) is 65.2 Å². The Morgan fingerprint density at radius 1 is 1.00 bits per heavy atom. The number of alkyl halides is 3. The smallest absolute Gasteiger partial charge is 0.378 e. The first kappa shape index (κ1) is 22.6. The molecule has 1 N–H and O–H groups in total. The van der Waals surface area contributed by atoms with Crippen molar-refractivity contribution in [2.24, 2.45) is 0 Å². The van der Waals surface area contributed by atoms with Crippen LogP contribution < -0.4 is 10.2 Å². The second-order valence-electron chi connectivity index (χ2n) is 8.21. The predicted octanol–water partition coefficient (Wildman–Crippen LogP) is 4.00. The second-order valence-corrected chi connectivity index (χ2v) is 8.21. The molecule has 2 aromatic rings. The van der Waals surface area contributed by atoms with Crippen molar-refractivity contribution >= 4 is 11.6 Å². The third kappa shape index (κ3) is 5.24. The van der Waals surface area contributed by atoms with Crippen molar-refractivity contribution in [3.63, 3.8) is 0 Å². The maximum Gasteiger partial charge on any atom is 0.416 e. The van der Waals surface area contributed by atoms with E-state index >= 15 is 0 Å². The number of likely N-dealkylation sites (tertiary alicyclic amines) is 1. The van der Waals surface area contributed by atoms with Crippen LogP contribution in [0.15, 0.2) is 48.5 Å². The first-order valence-electron chi connectivity index (χ1n) is 11.0. The summed E-state index contributed by atoms with van der Waals surface area (Å²) < 4.78 is 46.8. The Morgan fingerprint density at radius 2 is 1.69 bits per heavy atom. The lowest BCUT2D eigenvalue weighted by atomic mass is 10.0. The van der Waals surface area contributed by atoms with Crippen molar-refractivity contribution in [1.29, 1.82) is 0 Å². The van der Waals surface area contributed by atoms with Crippen LogP contribution in [-0.4, -0.2) is 50.2 Å². The van der Waals surface area contributed by atoms with Gasteiger partial charge in [0.1, 0.15) is 6.04 Å². The van der Waals surface area contributed by atoms with E-state index in [4.69, 9.17) is 4.74 Å². The van der Waals surface area contributed by atoms with E-state index in [9.17, 15) is 18.0 Å². The summed E-state index contributed by atoms with van der Waals surface area (Å²) in [6.07, 6.45) is -2.48. The van der Waals surface area contributed by atoms with Crippen molar-refractivity contribution in [1.82, 2.24) is 10.2 Å². The summed E-state index contributed by atoms with van der Waals surface area (Å²) >= 11 is 0. The second kappa shape index (κ2) is 9.92. The molecule has 2 aliphatic rings. The Labute approximate surface area is 186 Å². The van der Waals surface area contributed by atoms with Crippen LogP contribution in [0, 0.1) is 0 Å². The molecular formula is C24H28F3N3O2. The van der Waals surface area contributed by atoms with Crippen LogP contribution in [-0.2, 0) is 22.3 Å². The highest BCUT2D eigenvalue weighted by Gasteiger charge is 2.35. The van der Waals surface area contributed by atoms with E-state index in [-0.39, 0.29) is 18.0 Å². The van der Waals surface area contributed by atoms with Gasteiger partial charge in [0.2, 0.25) is 5.91 Å². The standard InChI is InChI=1S/C24H28F3N3O2/c25-24(26,27)21-16-20(29-12-14-32-15-13-29)9-8-19(21)17-28-23(31)22(30-10-4-5-11-30)18-6-2-1-3-7-18/h1-3,6-9,16,22H,4-5,10-15,17H2,(H,28,31). The zero-order chi connectivity index (χ0) is 22.6. The number of hydrogen-bond acceptors (Lipinski definition) is 4. The van der Waals surface area contributed by atoms with Crippen LogP contribution in [0.2, 0.25) is 0 Å². The number of rotatable bonds is 6. The van der Waals surface area contributed by atoms with E-state index in [1.54, 1.807) is 6.07 Å². The fraction of sp³-hybridized carbons (Fsp3) is 0.458. The third-order valence-corrected chi connectivity index (χ3v) is 6.10. The molecule has 0 saturated carbocycles. The van der Waals surface area contributed by atoms with E-state index < -0.39 is 17.8 Å². The molecule has 2 aliphatic heterocycles.